The van der Waals surface area contributed by atoms with Crippen LogP contribution in [-0.2, 0) is 27.2 Å². The third-order valence-electron chi connectivity index (χ3n) is 4.87. The molecule has 1 N–H and O–H groups in total. The Morgan fingerprint density at radius 3 is 2.93 bits per heavy atom. The number of carbonyl (C=O) groups excluding carboxylic acids is 3. The van der Waals surface area contributed by atoms with Gasteiger partial charge in [-0.05, 0) is 56.9 Å². The standard InChI is InChI=1S/C19H22N4O4S3/c1-3-27-17(26)14-11-6-4-7-12(11)29-16(14)21-15(25)10(2)28-19-22-23-9-5-8-13(24)20-18(23)30-19/h10H,3-9H2,1-2H3,(H,21,25)/t10-/m0/s1. The second-order valence-electron chi connectivity index (χ2n) is 7.01. The van der Waals surface area contributed by atoms with E-state index in [-0.39, 0.29) is 17.8 Å². The Kier molecular flexibility index (Phi) is 6.49. The number of amidine groups is 1. The van der Waals surface area contributed by atoms with E-state index in [0.29, 0.717) is 46.1 Å². The fourth-order valence-corrected chi connectivity index (χ4v) is 6.86. The van der Waals surface area contributed by atoms with Crippen molar-refractivity contribution >= 4 is 67.2 Å². The molecule has 3 aliphatic rings. The van der Waals surface area contributed by atoms with E-state index in [9.17, 15) is 14.4 Å². The van der Waals surface area contributed by atoms with Crippen LogP contribution >= 0.6 is 34.9 Å². The van der Waals surface area contributed by atoms with Gasteiger partial charge in [0.15, 0.2) is 9.54 Å². The molecule has 1 aromatic heterocycles. The Hall–Kier alpha value is -1.85. The predicted octanol–water partition coefficient (Wildman–Crippen LogP) is 3.47. The Labute approximate surface area is 186 Å². The number of hydrogen-bond donors (Lipinski definition) is 1. The Morgan fingerprint density at radius 1 is 1.30 bits per heavy atom. The van der Waals surface area contributed by atoms with Gasteiger partial charge in [-0.15, -0.1) is 11.3 Å². The number of ether oxygens (including phenoxy) is 1. The third kappa shape index (κ3) is 4.42. The average Bonchev–Trinajstić information content (AvgIpc) is 3.34. The molecule has 30 heavy (non-hydrogen) atoms. The van der Waals surface area contributed by atoms with E-state index < -0.39 is 5.25 Å². The first-order valence-corrected chi connectivity index (χ1v) is 12.4. The van der Waals surface area contributed by atoms with E-state index in [1.54, 1.807) is 18.9 Å². The van der Waals surface area contributed by atoms with Crippen molar-refractivity contribution in [1.82, 2.24) is 5.01 Å². The van der Waals surface area contributed by atoms with Gasteiger partial charge in [0.2, 0.25) is 11.8 Å². The third-order valence-corrected chi connectivity index (χ3v) is 8.20. The van der Waals surface area contributed by atoms with Crippen LogP contribution < -0.4 is 5.32 Å². The van der Waals surface area contributed by atoms with Crippen LogP contribution in [0.5, 0.6) is 0 Å². The van der Waals surface area contributed by atoms with Gasteiger partial charge in [0.25, 0.3) is 0 Å². The monoisotopic (exact) mass is 466 g/mol. The molecular weight excluding hydrogens is 444 g/mol. The lowest BCUT2D eigenvalue weighted by Gasteiger charge is -2.12. The number of aryl methyl sites for hydroxylation is 1. The molecule has 0 unspecified atom stereocenters. The van der Waals surface area contributed by atoms with Gasteiger partial charge >= 0.3 is 5.97 Å². The van der Waals surface area contributed by atoms with Crippen LogP contribution in [0.25, 0.3) is 0 Å². The van der Waals surface area contributed by atoms with Crippen LogP contribution in [0.3, 0.4) is 0 Å². The lowest BCUT2D eigenvalue weighted by Crippen LogP contribution is -2.24. The highest BCUT2D eigenvalue weighted by Gasteiger charge is 2.31. The van der Waals surface area contributed by atoms with Crippen molar-refractivity contribution in [3.63, 3.8) is 0 Å². The highest BCUT2D eigenvalue weighted by atomic mass is 32.2. The number of esters is 1. The lowest BCUT2D eigenvalue weighted by molar-refractivity contribution is -0.118. The molecule has 1 aliphatic carbocycles. The molecule has 1 atom stereocenters. The van der Waals surface area contributed by atoms with Crippen molar-refractivity contribution in [3.05, 3.63) is 16.0 Å². The number of fused-ring (bicyclic) bond motifs is 2. The zero-order chi connectivity index (χ0) is 21.3. The van der Waals surface area contributed by atoms with E-state index in [1.807, 2.05) is 0 Å². The van der Waals surface area contributed by atoms with Gasteiger partial charge in [0, 0.05) is 17.8 Å². The molecule has 0 saturated carbocycles. The summed E-state index contributed by atoms with van der Waals surface area (Å²) in [4.78, 5) is 42.2. The molecular formula is C19H22N4O4S3. The number of amides is 2. The van der Waals surface area contributed by atoms with Crippen LogP contribution in [0.4, 0.5) is 5.00 Å². The Balaban J connectivity index is 1.44. The smallest absolute Gasteiger partial charge is 0.341 e. The minimum atomic E-state index is -0.428. The zero-order valence-electron chi connectivity index (χ0n) is 16.7. The highest BCUT2D eigenvalue weighted by Crippen LogP contribution is 2.40. The van der Waals surface area contributed by atoms with Crippen molar-refractivity contribution in [2.45, 2.75) is 51.2 Å². The van der Waals surface area contributed by atoms with Gasteiger partial charge in [-0.1, -0.05) is 11.8 Å². The van der Waals surface area contributed by atoms with Crippen molar-refractivity contribution in [2.24, 2.45) is 10.1 Å². The van der Waals surface area contributed by atoms with Crippen LogP contribution in [0, 0.1) is 0 Å². The number of rotatable bonds is 5. The number of thiophene rings is 1. The van der Waals surface area contributed by atoms with Gasteiger partial charge in [-0.2, -0.15) is 10.1 Å². The molecule has 0 spiro atoms. The number of nitrogens with one attached hydrogen (secondary N) is 1. The number of hydrogen-bond acceptors (Lipinski definition) is 9. The molecule has 0 fully saturated rings. The number of thioether (sulfide) groups is 2. The summed E-state index contributed by atoms with van der Waals surface area (Å²) in [6.45, 7) is 4.51. The number of carbonyl (C=O) groups is 3. The number of anilines is 1. The molecule has 3 heterocycles. The van der Waals surface area contributed by atoms with Crippen molar-refractivity contribution in [3.8, 4) is 0 Å². The summed E-state index contributed by atoms with van der Waals surface area (Å²) in [6.07, 6.45) is 3.93. The van der Waals surface area contributed by atoms with Crippen molar-refractivity contribution in [2.75, 3.05) is 18.5 Å². The maximum Gasteiger partial charge on any atom is 0.341 e. The zero-order valence-corrected chi connectivity index (χ0v) is 19.2. The molecule has 0 saturated heterocycles. The normalized spacial score (nSPS) is 18.9. The Bertz CT molecular complexity index is 956. The molecule has 4 rings (SSSR count). The number of nitrogens with zero attached hydrogens (tertiary/aromatic N) is 3. The first-order chi connectivity index (χ1) is 14.5. The van der Waals surface area contributed by atoms with E-state index in [4.69, 9.17) is 4.74 Å². The highest BCUT2D eigenvalue weighted by molar-refractivity contribution is 8.45. The maximum absolute atomic E-state index is 12.8. The van der Waals surface area contributed by atoms with E-state index in [0.717, 1.165) is 29.7 Å². The first-order valence-electron chi connectivity index (χ1n) is 9.91. The van der Waals surface area contributed by atoms with E-state index in [2.05, 4.69) is 15.4 Å². The molecule has 1 aromatic rings. The summed E-state index contributed by atoms with van der Waals surface area (Å²) in [7, 11) is 0. The first kappa shape index (κ1) is 21.4. The molecule has 0 bridgehead atoms. The summed E-state index contributed by atoms with van der Waals surface area (Å²) in [5.74, 6) is -0.711. The summed E-state index contributed by atoms with van der Waals surface area (Å²) in [5, 5.41) is 9.86. The maximum atomic E-state index is 12.8. The van der Waals surface area contributed by atoms with Gasteiger partial charge in [-0.25, -0.2) is 9.80 Å². The Morgan fingerprint density at radius 2 is 2.13 bits per heavy atom. The SMILES string of the molecule is CCOC(=O)c1c(NC(=O)[C@H](C)SC2=NN3CCCC(=O)N=C3S2)sc2c1CCC2. The second kappa shape index (κ2) is 9.11. The quantitative estimate of drug-likeness (QED) is 0.663. The largest absolute Gasteiger partial charge is 0.462 e. The molecule has 2 amide bonds. The van der Waals surface area contributed by atoms with Gasteiger partial charge in [0.05, 0.1) is 17.4 Å². The average molecular weight is 467 g/mol. The fourth-order valence-electron chi connectivity index (χ4n) is 3.44. The summed E-state index contributed by atoms with van der Waals surface area (Å²) >= 11 is 4.10. The van der Waals surface area contributed by atoms with Gasteiger partial charge in [-0.3, -0.25) is 9.59 Å². The molecule has 0 aromatic carbocycles. The van der Waals surface area contributed by atoms with Gasteiger partial charge in [0.1, 0.15) is 5.00 Å². The van der Waals surface area contributed by atoms with Crippen LogP contribution in [0.1, 0.15) is 53.9 Å². The van der Waals surface area contributed by atoms with Crippen molar-refractivity contribution in [1.29, 1.82) is 0 Å². The molecule has 8 nitrogen and oxygen atoms in total. The summed E-state index contributed by atoms with van der Waals surface area (Å²) in [6, 6.07) is 0. The fraction of sp³-hybridized carbons (Fsp3) is 0.526. The van der Waals surface area contributed by atoms with E-state index >= 15 is 0 Å². The minimum absolute atomic E-state index is 0.135. The lowest BCUT2D eigenvalue weighted by atomic mass is 10.1. The van der Waals surface area contributed by atoms with Crippen LogP contribution in [0.15, 0.2) is 10.1 Å². The van der Waals surface area contributed by atoms with E-state index in [1.165, 1.54) is 34.9 Å². The van der Waals surface area contributed by atoms with Gasteiger partial charge < -0.3 is 10.1 Å². The molecule has 0 radical (unpaired) electrons. The number of aliphatic imine (C=N–C) groups is 1. The topological polar surface area (TPSA) is 100 Å². The number of hydrazone groups is 1. The molecule has 160 valence electrons. The second-order valence-corrected chi connectivity index (χ2v) is 10.7. The predicted molar refractivity (Wildman–Crippen MR) is 121 cm³/mol. The van der Waals surface area contributed by atoms with Crippen LogP contribution in [0.2, 0.25) is 0 Å². The summed E-state index contributed by atoms with van der Waals surface area (Å²) < 4.78 is 5.90. The summed E-state index contributed by atoms with van der Waals surface area (Å²) in [5.41, 5.74) is 1.52. The van der Waals surface area contributed by atoms with Crippen LogP contribution in [-0.4, -0.2) is 50.7 Å². The minimum Gasteiger partial charge on any atom is -0.462 e. The van der Waals surface area contributed by atoms with Crippen molar-refractivity contribution < 1.29 is 19.1 Å². The molecule has 2 aliphatic heterocycles. The molecule has 11 heteroatoms.